The van der Waals surface area contributed by atoms with Gasteiger partial charge in [0.25, 0.3) is 5.91 Å². The first-order valence-corrected chi connectivity index (χ1v) is 10.6. The molecule has 0 unspecified atom stereocenters. The van der Waals surface area contributed by atoms with E-state index in [0.717, 1.165) is 35.2 Å². The van der Waals surface area contributed by atoms with E-state index in [0.29, 0.717) is 17.5 Å². The summed E-state index contributed by atoms with van der Waals surface area (Å²) in [5, 5.41) is 23.1. The first kappa shape index (κ1) is 18.8. The van der Waals surface area contributed by atoms with E-state index in [2.05, 4.69) is 20.1 Å². The Morgan fingerprint density at radius 1 is 1.42 bits per heavy atom. The van der Waals surface area contributed by atoms with Gasteiger partial charge in [-0.2, -0.15) is 0 Å². The van der Waals surface area contributed by atoms with Crippen molar-refractivity contribution in [2.45, 2.75) is 49.7 Å². The molecule has 2 aromatic heterocycles. The molecule has 1 saturated carbocycles. The number of rotatable bonds is 8. The molecule has 1 fully saturated rings. The largest absolute Gasteiger partial charge is 0.351 e. The molecule has 3 rings (SSSR count). The fraction of sp³-hybridized carbons (Fsp3) is 0.562. The van der Waals surface area contributed by atoms with E-state index in [4.69, 9.17) is 0 Å². The van der Waals surface area contributed by atoms with Gasteiger partial charge in [-0.3, -0.25) is 14.9 Å². The van der Waals surface area contributed by atoms with Gasteiger partial charge in [0.15, 0.2) is 5.16 Å². The number of nitrogens with one attached hydrogen (secondary N) is 1. The maximum atomic E-state index is 12.1. The van der Waals surface area contributed by atoms with Crippen molar-refractivity contribution in [2.24, 2.45) is 0 Å². The summed E-state index contributed by atoms with van der Waals surface area (Å²) in [5.74, 6) is 0.701. The normalized spacial score (nSPS) is 14.7. The molecule has 0 aromatic carbocycles. The zero-order chi connectivity index (χ0) is 18.5. The Morgan fingerprint density at radius 2 is 2.19 bits per heavy atom. The highest BCUT2D eigenvalue weighted by molar-refractivity contribution is 7.98. The monoisotopic (exact) mass is 395 g/mol. The summed E-state index contributed by atoms with van der Waals surface area (Å²) < 4.78 is 2.27. The van der Waals surface area contributed by atoms with Crippen LogP contribution in [0.15, 0.2) is 17.3 Å². The van der Waals surface area contributed by atoms with E-state index < -0.39 is 4.92 Å². The highest BCUT2D eigenvalue weighted by Crippen LogP contribution is 2.33. The van der Waals surface area contributed by atoms with Crippen molar-refractivity contribution < 1.29 is 9.72 Å². The summed E-state index contributed by atoms with van der Waals surface area (Å²) >= 11 is 2.50. The lowest BCUT2D eigenvalue weighted by atomic mass is 10.2. The van der Waals surface area contributed by atoms with Gasteiger partial charge in [0.05, 0.1) is 9.80 Å². The highest BCUT2D eigenvalue weighted by Gasteiger charge is 2.23. The van der Waals surface area contributed by atoms with Crippen molar-refractivity contribution in [3.63, 3.8) is 0 Å². The van der Waals surface area contributed by atoms with Gasteiger partial charge in [-0.05, 0) is 31.6 Å². The van der Waals surface area contributed by atoms with Crippen molar-refractivity contribution in [3.05, 3.63) is 32.9 Å². The van der Waals surface area contributed by atoms with Crippen molar-refractivity contribution in [1.29, 1.82) is 0 Å². The third-order valence-corrected chi connectivity index (χ3v) is 6.15. The number of nitrogens with zero attached hydrogens (tertiary/aromatic N) is 4. The molecule has 1 amide bonds. The number of aromatic nitrogens is 3. The molecule has 1 aliphatic carbocycles. The van der Waals surface area contributed by atoms with Crippen molar-refractivity contribution in [3.8, 4) is 0 Å². The van der Waals surface area contributed by atoms with Crippen LogP contribution < -0.4 is 5.32 Å². The lowest BCUT2D eigenvalue weighted by Gasteiger charge is -2.16. The molecular formula is C16H21N5O3S2. The summed E-state index contributed by atoms with van der Waals surface area (Å²) in [7, 11) is 0. The van der Waals surface area contributed by atoms with Gasteiger partial charge in [0.1, 0.15) is 5.82 Å². The van der Waals surface area contributed by atoms with E-state index in [1.165, 1.54) is 37.8 Å². The number of amides is 1. The number of thioether (sulfide) groups is 1. The number of hydrogen-bond acceptors (Lipinski definition) is 7. The molecule has 1 N–H and O–H groups in total. The van der Waals surface area contributed by atoms with Gasteiger partial charge in [-0.1, -0.05) is 35.9 Å². The van der Waals surface area contributed by atoms with Crippen LogP contribution in [0.3, 0.4) is 0 Å². The number of thiophene rings is 1. The first-order chi connectivity index (χ1) is 12.6. The number of carbonyl (C=O) groups is 1. The molecule has 8 nitrogen and oxygen atoms in total. The van der Waals surface area contributed by atoms with Crippen LogP contribution in [0.1, 0.15) is 53.6 Å². The van der Waals surface area contributed by atoms with Crippen molar-refractivity contribution in [1.82, 2.24) is 20.1 Å². The maximum Gasteiger partial charge on any atom is 0.324 e. The molecule has 0 spiro atoms. The zero-order valence-electron chi connectivity index (χ0n) is 14.5. The Labute approximate surface area is 159 Å². The Bertz CT molecular complexity index is 783. The highest BCUT2D eigenvalue weighted by atomic mass is 32.2. The topological polar surface area (TPSA) is 103 Å². The molecular weight excluding hydrogens is 374 g/mol. The second kappa shape index (κ2) is 8.63. The molecule has 0 saturated heterocycles. The first-order valence-electron chi connectivity index (χ1n) is 8.60. The fourth-order valence-electron chi connectivity index (χ4n) is 3.23. The zero-order valence-corrected chi connectivity index (χ0v) is 16.1. The lowest BCUT2D eigenvalue weighted by molar-refractivity contribution is -0.380. The minimum Gasteiger partial charge on any atom is -0.351 e. The quantitative estimate of drug-likeness (QED) is 0.318. The Balaban J connectivity index is 1.52. The molecule has 140 valence electrons. The van der Waals surface area contributed by atoms with E-state index in [9.17, 15) is 14.9 Å². The third kappa shape index (κ3) is 4.24. The van der Waals surface area contributed by atoms with Gasteiger partial charge in [-0.15, -0.1) is 10.2 Å². The second-order valence-electron chi connectivity index (χ2n) is 6.17. The molecule has 0 radical (unpaired) electrons. The average Bonchev–Trinajstić information content (AvgIpc) is 3.38. The third-order valence-electron chi connectivity index (χ3n) is 4.47. The minimum absolute atomic E-state index is 0.0237. The number of hydrogen-bond donors (Lipinski definition) is 1. The molecule has 2 aromatic rings. The fourth-order valence-corrected chi connectivity index (χ4v) is 4.54. The summed E-state index contributed by atoms with van der Waals surface area (Å²) in [6, 6.07) is 3.33. The SMILES string of the molecule is CSc1nnc(CCCNC(=O)c2ccc([N+](=O)[O-])s2)n1C1CCCC1. The van der Waals surface area contributed by atoms with Crippen LogP contribution in [0.5, 0.6) is 0 Å². The van der Waals surface area contributed by atoms with E-state index in [-0.39, 0.29) is 10.9 Å². The maximum absolute atomic E-state index is 12.1. The number of nitro groups is 1. The standard InChI is InChI=1S/C16H21N5O3S2/c1-25-16-19-18-13(20(16)11-5-2-3-6-11)7-4-10-17-15(22)12-8-9-14(26-12)21(23)24/h8-9,11H,2-7,10H2,1H3,(H,17,22). The molecule has 0 atom stereocenters. The number of aryl methyl sites for hydroxylation is 1. The summed E-state index contributed by atoms with van der Waals surface area (Å²) in [6.45, 7) is 0.497. The van der Waals surface area contributed by atoms with E-state index in [1.807, 2.05) is 6.26 Å². The van der Waals surface area contributed by atoms with Gasteiger partial charge < -0.3 is 9.88 Å². The predicted octanol–water partition coefficient (Wildman–Crippen LogP) is 3.45. The molecule has 26 heavy (non-hydrogen) atoms. The van der Waals surface area contributed by atoms with E-state index >= 15 is 0 Å². The van der Waals surface area contributed by atoms with Crippen LogP contribution in [-0.2, 0) is 6.42 Å². The second-order valence-corrected chi connectivity index (χ2v) is 8.00. The van der Waals surface area contributed by atoms with Gasteiger partial charge in [0, 0.05) is 25.1 Å². The smallest absolute Gasteiger partial charge is 0.324 e. The number of carbonyl (C=O) groups excluding carboxylic acids is 1. The Morgan fingerprint density at radius 3 is 2.85 bits per heavy atom. The Hall–Kier alpha value is -1.94. The van der Waals surface area contributed by atoms with Crippen LogP contribution in [0, 0.1) is 10.1 Å². The van der Waals surface area contributed by atoms with Crippen molar-refractivity contribution >= 4 is 34.0 Å². The van der Waals surface area contributed by atoms with Crippen molar-refractivity contribution in [2.75, 3.05) is 12.8 Å². The lowest BCUT2D eigenvalue weighted by Crippen LogP contribution is -2.24. The average molecular weight is 396 g/mol. The summed E-state index contributed by atoms with van der Waals surface area (Å²) in [6.07, 6.45) is 8.35. The minimum atomic E-state index is -0.485. The van der Waals surface area contributed by atoms with Gasteiger partial charge >= 0.3 is 5.00 Å². The van der Waals surface area contributed by atoms with E-state index in [1.54, 1.807) is 11.8 Å². The Kier molecular flexibility index (Phi) is 6.25. The summed E-state index contributed by atoms with van der Waals surface area (Å²) in [4.78, 5) is 22.6. The molecule has 0 aliphatic heterocycles. The van der Waals surface area contributed by atoms with Crippen LogP contribution in [0.25, 0.3) is 0 Å². The summed E-state index contributed by atoms with van der Waals surface area (Å²) in [5.41, 5.74) is 0. The van der Waals surface area contributed by atoms with Gasteiger partial charge in [-0.25, -0.2) is 0 Å². The molecule has 2 heterocycles. The van der Waals surface area contributed by atoms with Crippen LogP contribution in [-0.4, -0.2) is 38.4 Å². The molecule has 10 heteroatoms. The predicted molar refractivity (Wildman–Crippen MR) is 101 cm³/mol. The molecule has 0 bridgehead atoms. The van der Waals surface area contributed by atoms with Crippen LogP contribution in [0.2, 0.25) is 0 Å². The van der Waals surface area contributed by atoms with Crippen LogP contribution in [0.4, 0.5) is 5.00 Å². The van der Waals surface area contributed by atoms with Crippen LogP contribution >= 0.6 is 23.1 Å². The van der Waals surface area contributed by atoms with Gasteiger partial charge in [0.2, 0.25) is 0 Å². The molecule has 1 aliphatic rings.